The van der Waals surface area contributed by atoms with E-state index in [1.807, 2.05) is 74.8 Å². The molecule has 4 N–H and O–H groups in total. The van der Waals surface area contributed by atoms with Crippen LogP contribution in [0.1, 0.15) is 96.0 Å². The number of carbonyl (C=O) groups excluding carboxylic acids is 2. The highest BCUT2D eigenvalue weighted by Gasteiger charge is 2.52. The summed E-state index contributed by atoms with van der Waals surface area (Å²) in [6, 6.07) is 20.5. The Morgan fingerprint density at radius 3 is 1.33 bits per heavy atom. The minimum absolute atomic E-state index is 0. The Kier molecular flexibility index (Phi) is 16.7. The normalized spacial score (nSPS) is 33.5. The molecular formula is C55H70N4O10. The average molecular weight is 947 g/mol. The van der Waals surface area contributed by atoms with E-state index in [-0.39, 0.29) is 55.5 Å². The molecule has 370 valence electrons. The van der Waals surface area contributed by atoms with Gasteiger partial charge in [0.05, 0.1) is 46.9 Å². The largest absolute Gasteiger partial charge is 0.481 e. The van der Waals surface area contributed by atoms with Crippen LogP contribution in [0.4, 0.5) is 0 Å². The molecule has 4 aromatic rings. The number of nitrogens with zero attached hydrogens (tertiary/aromatic N) is 4. The van der Waals surface area contributed by atoms with Crippen LogP contribution in [0.2, 0.25) is 0 Å². The fraction of sp³-hybridized carbons (Fsp3) is 0.527. The molecule has 69 heavy (non-hydrogen) atoms. The van der Waals surface area contributed by atoms with E-state index in [0.29, 0.717) is 49.4 Å². The summed E-state index contributed by atoms with van der Waals surface area (Å²) in [5, 5.41) is 41.5. The first-order chi connectivity index (χ1) is 32.9. The molecule has 14 nitrogen and oxygen atoms in total. The molecule has 0 spiro atoms. The van der Waals surface area contributed by atoms with Crippen LogP contribution in [0, 0.1) is 47.3 Å². The summed E-state index contributed by atoms with van der Waals surface area (Å²) in [5.74, 6) is -1.55. The zero-order valence-corrected chi connectivity index (χ0v) is 39.1. The molecule has 14 heteroatoms. The molecule has 8 bridgehead atoms. The minimum Gasteiger partial charge on any atom is -0.481 e. The maximum absolute atomic E-state index is 11.0. The number of aliphatic hydroxyl groups excluding tert-OH is 2. The molecule has 8 aliphatic heterocycles. The number of hydrogen-bond donors (Lipinski definition) is 4. The van der Waals surface area contributed by atoms with Crippen LogP contribution in [0.5, 0.6) is 0 Å². The smallest absolute Gasteiger partial charge is 0.310 e. The van der Waals surface area contributed by atoms with Crippen LogP contribution in [0.25, 0.3) is 21.8 Å². The highest BCUT2D eigenvalue weighted by atomic mass is 16.6. The first kappa shape index (κ1) is 51.3. The van der Waals surface area contributed by atoms with E-state index in [1.54, 1.807) is 0 Å². The second-order valence-corrected chi connectivity index (χ2v) is 19.4. The number of esters is 2. The Balaban J connectivity index is 0.000000140. The van der Waals surface area contributed by atoms with Gasteiger partial charge in [0.15, 0.2) is 0 Å². The predicted molar refractivity (Wildman–Crippen MR) is 262 cm³/mol. The molecule has 10 aliphatic rings. The Morgan fingerprint density at radius 2 is 1.03 bits per heavy atom. The van der Waals surface area contributed by atoms with Gasteiger partial charge in [-0.25, -0.2) is 0 Å². The number of carbonyl (C=O) groups is 4. The van der Waals surface area contributed by atoms with Crippen molar-refractivity contribution in [3.63, 3.8) is 0 Å². The maximum Gasteiger partial charge on any atom is 0.310 e. The molecule has 2 aliphatic carbocycles. The lowest BCUT2D eigenvalue weighted by Crippen LogP contribution is -2.54. The van der Waals surface area contributed by atoms with Gasteiger partial charge < -0.3 is 29.9 Å². The molecule has 16 atom stereocenters. The van der Waals surface area contributed by atoms with Gasteiger partial charge in [-0.3, -0.25) is 38.9 Å². The highest BCUT2D eigenvalue weighted by Crippen LogP contribution is 2.45. The van der Waals surface area contributed by atoms with Crippen molar-refractivity contribution < 1.29 is 49.1 Å². The topological polar surface area (TPSA) is 200 Å². The van der Waals surface area contributed by atoms with E-state index in [2.05, 4.69) is 57.2 Å². The molecule has 10 fully saturated rings. The van der Waals surface area contributed by atoms with Crippen molar-refractivity contribution in [2.75, 3.05) is 26.2 Å². The van der Waals surface area contributed by atoms with Crippen LogP contribution in [-0.4, -0.2) is 115 Å². The van der Waals surface area contributed by atoms with E-state index < -0.39 is 36.0 Å². The van der Waals surface area contributed by atoms with Gasteiger partial charge in [0, 0.05) is 48.3 Å². The number of aromatic nitrogens is 2. The molecule has 8 saturated heterocycles. The fourth-order valence-electron chi connectivity index (χ4n) is 12.3. The number of piperidine rings is 6. The van der Waals surface area contributed by atoms with Crippen molar-refractivity contribution in [2.45, 2.75) is 109 Å². The molecule has 2 aromatic carbocycles. The Morgan fingerprint density at radius 1 is 0.638 bits per heavy atom. The van der Waals surface area contributed by atoms with E-state index in [9.17, 15) is 29.4 Å². The summed E-state index contributed by atoms with van der Waals surface area (Å²) in [6.07, 6.45) is 13.5. The summed E-state index contributed by atoms with van der Waals surface area (Å²) in [6.45, 7) is 16.2. The second-order valence-electron chi connectivity index (χ2n) is 19.4. The second kappa shape index (κ2) is 22.5. The third-order valence-electron chi connectivity index (χ3n) is 15.9. The Bertz CT molecular complexity index is 2300. The van der Waals surface area contributed by atoms with Crippen LogP contribution in [0.15, 0.2) is 98.4 Å². The molecule has 2 saturated carbocycles. The van der Waals surface area contributed by atoms with Gasteiger partial charge >= 0.3 is 23.9 Å². The van der Waals surface area contributed by atoms with E-state index >= 15 is 0 Å². The predicted octanol–water partition coefficient (Wildman–Crippen LogP) is 8.04. The van der Waals surface area contributed by atoms with Crippen LogP contribution < -0.4 is 0 Å². The highest BCUT2D eigenvalue weighted by molar-refractivity contribution is 5.85. The van der Waals surface area contributed by atoms with Gasteiger partial charge in [0.1, 0.15) is 12.2 Å². The number of fused-ring (bicyclic) bond motifs is 12. The minimum atomic E-state index is -0.867. The Labute approximate surface area is 405 Å². The maximum atomic E-state index is 11.0. The third kappa shape index (κ3) is 10.6. The number of ether oxygens (including phenoxy) is 2. The summed E-state index contributed by atoms with van der Waals surface area (Å²) in [5.41, 5.74) is 3.94. The number of para-hydroxylation sites is 2. The quantitative estimate of drug-likeness (QED) is 0.0977. The SMILES string of the molecule is C.C=CC1CN2CCC1CC2[C@H](O)c1ccnc2ccccc12.C=CC1CN2CCC1CC2[C@H](O)c1ccnc2ccccc12.CC.O=C(O)C1CC2CC1C(=O)O2.O=C(O)C1CC2CC1C(=O)O2. The van der Waals surface area contributed by atoms with Crippen molar-refractivity contribution in [2.24, 2.45) is 47.3 Å². The number of carboxylic acid groups (broad SMARTS) is 2. The van der Waals surface area contributed by atoms with Crippen molar-refractivity contribution in [1.82, 2.24) is 19.8 Å². The van der Waals surface area contributed by atoms with Gasteiger partial charge in [0.2, 0.25) is 0 Å². The number of aliphatic hydroxyl groups is 2. The van der Waals surface area contributed by atoms with Gasteiger partial charge in [0.25, 0.3) is 0 Å². The third-order valence-corrected chi connectivity index (χ3v) is 15.9. The van der Waals surface area contributed by atoms with Gasteiger partial charge in [-0.15, -0.1) is 13.2 Å². The summed E-state index contributed by atoms with van der Waals surface area (Å²) >= 11 is 0. The number of hydrogen-bond acceptors (Lipinski definition) is 12. The van der Waals surface area contributed by atoms with Crippen molar-refractivity contribution >= 4 is 45.7 Å². The zero-order chi connectivity index (χ0) is 48.2. The first-order valence-corrected chi connectivity index (χ1v) is 24.6. The monoisotopic (exact) mass is 947 g/mol. The molecule has 14 unspecified atom stereocenters. The molecular weight excluding hydrogens is 877 g/mol. The van der Waals surface area contributed by atoms with Crippen LogP contribution in [-0.2, 0) is 28.7 Å². The van der Waals surface area contributed by atoms with Gasteiger partial charge in [-0.05, 0) is 124 Å². The molecule has 14 rings (SSSR count). The molecule has 0 amide bonds. The van der Waals surface area contributed by atoms with E-state index in [4.69, 9.17) is 19.7 Å². The summed E-state index contributed by atoms with van der Waals surface area (Å²) in [7, 11) is 0. The summed E-state index contributed by atoms with van der Waals surface area (Å²) < 4.78 is 9.68. The van der Waals surface area contributed by atoms with Crippen molar-refractivity contribution in [3.05, 3.63) is 109 Å². The number of benzene rings is 2. The molecule has 0 radical (unpaired) electrons. The lowest BCUT2D eigenvalue weighted by atomic mass is 9.73. The molecule has 2 aromatic heterocycles. The number of pyridine rings is 2. The van der Waals surface area contributed by atoms with E-state index in [0.717, 1.165) is 72.0 Å². The fourth-order valence-corrected chi connectivity index (χ4v) is 12.3. The number of aliphatic carboxylic acids is 2. The summed E-state index contributed by atoms with van der Waals surface area (Å²) in [4.78, 5) is 56.5. The lowest BCUT2D eigenvalue weighted by Gasteiger charge is -2.50. The van der Waals surface area contributed by atoms with Crippen LogP contribution >= 0.6 is 0 Å². The van der Waals surface area contributed by atoms with Gasteiger partial charge in [-0.1, -0.05) is 69.8 Å². The zero-order valence-electron chi connectivity index (χ0n) is 39.1. The Hall–Kier alpha value is -5.54. The first-order valence-electron chi connectivity index (χ1n) is 24.6. The van der Waals surface area contributed by atoms with Crippen molar-refractivity contribution in [1.29, 1.82) is 0 Å². The number of carboxylic acids is 2. The standard InChI is InChI=1S/2C19H22N2O.2C7H8O4.C2H6.CH4/c2*1-2-13-12-21-10-8-14(13)11-18(21)19(22)16-7-9-20-17-6-4-3-5-15(16)17;2*8-6(9)4-1-3-2-5(4)7(10)11-3;1-2;/h2*2-7,9,13-14,18-19,22H,1,8,10-12H2;2*3-5H,1-2H2,(H,8,9);1-2H3;1H4/t2*13?,14?,18?,19-;;;;/m11..../s1. The van der Waals surface area contributed by atoms with E-state index in [1.165, 1.54) is 12.8 Å². The van der Waals surface area contributed by atoms with Crippen LogP contribution in [0.3, 0.4) is 0 Å². The molecule has 10 heterocycles. The van der Waals surface area contributed by atoms with Gasteiger partial charge in [-0.2, -0.15) is 0 Å². The van der Waals surface area contributed by atoms with Crippen molar-refractivity contribution in [3.8, 4) is 0 Å². The number of rotatable bonds is 8. The average Bonchev–Trinajstić information content (AvgIpc) is 4.19. The lowest BCUT2D eigenvalue weighted by molar-refractivity contribution is -0.158.